The number of esters is 1. The molecule has 0 bridgehead atoms. The van der Waals surface area contributed by atoms with E-state index in [1.54, 1.807) is 0 Å². The Kier molecular flexibility index (Phi) is 6.25. The van der Waals surface area contributed by atoms with Gasteiger partial charge in [0.25, 0.3) is 0 Å². The molecule has 1 rings (SSSR count). The van der Waals surface area contributed by atoms with Gasteiger partial charge in [0.1, 0.15) is 0 Å². The molecule has 2 nitrogen and oxygen atoms in total. The standard InChI is InChI=1S/C18H28O2/c1-7-12-13(8-2)15(10-4)17(18(19)20-6)16(11-5)14(12)9-3/h7-11H2,1-6H3. The van der Waals surface area contributed by atoms with E-state index in [4.69, 9.17) is 4.74 Å². The van der Waals surface area contributed by atoms with Crippen molar-refractivity contribution in [1.82, 2.24) is 0 Å². The molecule has 0 N–H and O–H groups in total. The second kappa shape index (κ2) is 7.47. The second-order valence-electron chi connectivity index (χ2n) is 5.03. The van der Waals surface area contributed by atoms with E-state index >= 15 is 0 Å². The minimum absolute atomic E-state index is 0.175. The largest absolute Gasteiger partial charge is 0.465 e. The fourth-order valence-electron chi connectivity index (χ4n) is 3.44. The van der Waals surface area contributed by atoms with Gasteiger partial charge in [0.15, 0.2) is 0 Å². The van der Waals surface area contributed by atoms with Crippen LogP contribution in [0.1, 0.15) is 72.8 Å². The summed E-state index contributed by atoms with van der Waals surface area (Å²) >= 11 is 0. The van der Waals surface area contributed by atoms with E-state index in [1.165, 1.54) is 34.9 Å². The lowest BCUT2D eigenvalue weighted by molar-refractivity contribution is 0.0598. The molecule has 1 aromatic rings. The molecule has 0 radical (unpaired) electrons. The summed E-state index contributed by atoms with van der Waals surface area (Å²) in [6.45, 7) is 10.8. The van der Waals surface area contributed by atoms with Gasteiger partial charge in [-0.3, -0.25) is 0 Å². The van der Waals surface area contributed by atoms with Crippen molar-refractivity contribution in [2.24, 2.45) is 0 Å². The van der Waals surface area contributed by atoms with Crippen molar-refractivity contribution in [3.8, 4) is 0 Å². The lowest BCUT2D eigenvalue weighted by Crippen LogP contribution is -2.17. The first-order chi connectivity index (χ1) is 9.60. The lowest BCUT2D eigenvalue weighted by Gasteiger charge is -2.23. The molecule has 0 unspecified atom stereocenters. The monoisotopic (exact) mass is 276 g/mol. The molecule has 0 aromatic heterocycles. The van der Waals surface area contributed by atoms with Gasteiger partial charge < -0.3 is 4.74 Å². The van der Waals surface area contributed by atoms with Crippen molar-refractivity contribution in [2.75, 3.05) is 7.11 Å². The minimum Gasteiger partial charge on any atom is -0.465 e. The third kappa shape index (κ3) is 2.74. The number of methoxy groups -OCH3 is 1. The average Bonchev–Trinajstić information content (AvgIpc) is 2.50. The van der Waals surface area contributed by atoms with Gasteiger partial charge in [0, 0.05) is 0 Å². The van der Waals surface area contributed by atoms with Gasteiger partial charge in [-0.25, -0.2) is 4.79 Å². The quantitative estimate of drug-likeness (QED) is 0.725. The number of carbonyl (C=O) groups is 1. The van der Waals surface area contributed by atoms with Crippen LogP contribution in [-0.4, -0.2) is 13.1 Å². The highest BCUT2D eigenvalue weighted by atomic mass is 16.5. The number of benzene rings is 1. The molecule has 0 heterocycles. The van der Waals surface area contributed by atoms with E-state index in [0.717, 1.165) is 37.7 Å². The van der Waals surface area contributed by atoms with E-state index < -0.39 is 0 Å². The molecule has 0 amide bonds. The number of rotatable bonds is 6. The zero-order valence-electron chi connectivity index (χ0n) is 13.9. The average molecular weight is 276 g/mol. The van der Waals surface area contributed by atoms with Crippen molar-refractivity contribution in [3.63, 3.8) is 0 Å². The first kappa shape index (κ1) is 16.7. The fourth-order valence-corrected chi connectivity index (χ4v) is 3.44. The molecule has 1 aromatic carbocycles. The molecule has 0 spiro atoms. The van der Waals surface area contributed by atoms with E-state index in [2.05, 4.69) is 34.6 Å². The van der Waals surface area contributed by atoms with Gasteiger partial charge in [-0.2, -0.15) is 0 Å². The molecule has 0 aliphatic carbocycles. The third-order valence-corrected chi connectivity index (χ3v) is 4.22. The van der Waals surface area contributed by atoms with E-state index in [9.17, 15) is 4.79 Å². The van der Waals surface area contributed by atoms with Crippen LogP contribution < -0.4 is 0 Å². The fraction of sp³-hybridized carbons (Fsp3) is 0.611. The van der Waals surface area contributed by atoms with E-state index in [1.807, 2.05) is 0 Å². The number of carbonyl (C=O) groups excluding carboxylic acids is 1. The highest BCUT2D eigenvalue weighted by Crippen LogP contribution is 2.31. The molecule has 0 saturated heterocycles. The van der Waals surface area contributed by atoms with Gasteiger partial charge in [-0.15, -0.1) is 0 Å². The molecule has 2 heteroatoms. The Hall–Kier alpha value is -1.31. The van der Waals surface area contributed by atoms with Crippen LogP contribution in [0.2, 0.25) is 0 Å². The van der Waals surface area contributed by atoms with Gasteiger partial charge in [0.05, 0.1) is 12.7 Å². The van der Waals surface area contributed by atoms with E-state index in [-0.39, 0.29) is 5.97 Å². The van der Waals surface area contributed by atoms with Gasteiger partial charge in [-0.05, 0) is 59.9 Å². The third-order valence-electron chi connectivity index (χ3n) is 4.22. The van der Waals surface area contributed by atoms with Crippen molar-refractivity contribution in [1.29, 1.82) is 0 Å². The minimum atomic E-state index is -0.175. The summed E-state index contributed by atoms with van der Waals surface area (Å²) in [6.07, 6.45) is 4.77. The number of hydrogen-bond donors (Lipinski definition) is 0. The summed E-state index contributed by atoms with van der Waals surface area (Å²) in [5.74, 6) is -0.175. The lowest BCUT2D eigenvalue weighted by atomic mass is 9.82. The normalized spacial score (nSPS) is 10.7. The molecule has 0 aliphatic heterocycles. The number of ether oxygens (including phenoxy) is 1. The summed E-state index contributed by atoms with van der Waals surface area (Å²) < 4.78 is 5.05. The molecule has 0 saturated carbocycles. The zero-order valence-corrected chi connectivity index (χ0v) is 13.9. The van der Waals surface area contributed by atoms with Crippen molar-refractivity contribution in [2.45, 2.75) is 66.7 Å². The Balaban J connectivity index is 3.84. The summed E-state index contributed by atoms with van der Waals surface area (Å²) in [7, 11) is 1.48. The Morgan fingerprint density at radius 1 is 0.700 bits per heavy atom. The van der Waals surface area contributed by atoms with Crippen LogP contribution in [0.15, 0.2) is 0 Å². The second-order valence-corrected chi connectivity index (χ2v) is 5.03. The summed E-state index contributed by atoms with van der Waals surface area (Å²) in [6, 6.07) is 0. The highest BCUT2D eigenvalue weighted by Gasteiger charge is 2.24. The molecular formula is C18H28O2. The molecule has 0 fully saturated rings. The van der Waals surface area contributed by atoms with Crippen LogP contribution in [0, 0.1) is 0 Å². The first-order valence-electron chi connectivity index (χ1n) is 7.87. The summed E-state index contributed by atoms with van der Waals surface area (Å²) in [5, 5.41) is 0. The Morgan fingerprint density at radius 2 is 1.00 bits per heavy atom. The Bertz CT molecular complexity index is 454. The van der Waals surface area contributed by atoms with Crippen LogP contribution in [0.25, 0.3) is 0 Å². The molecule has 112 valence electrons. The maximum Gasteiger partial charge on any atom is 0.338 e. The Labute approximate surface area is 123 Å². The van der Waals surface area contributed by atoms with E-state index in [0.29, 0.717) is 0 Å². The molecule has 0 atom stereocenters. The summed E-state index contributed by atoms with van der Waals surface area (Å²) in [4.78, 5) is 12.3. The van der Waals surface area contributed by atoms with Crippen LogP contribution >= 0.6 is 0 Å². The van der Waals surface area contributed by atoms with Crippen molar-refractivity contribution < 1.29 is 9.53 Å². The topological polar surface area (TPSA) is 26.3 Å². The van der Waals surface area contributed by atoms with Crippen LogP contribution in [0.5, 0.6) is 0 Å². The molecule has 0 aliphatic rings. The SMILES string of the molecule is CCc1c(CC)c(CC)c(C(=O)OC)c(CC)c1CC. The highest BCUT2D eigenvalue weighted by molar-refractivity contribution is 5.94. The first-order valence-corrected chi connectivity index (χ1v) is 7.87. The maximum atomic E-state index is 12.3. The predicted molar refractivity (Wildman–Crippen MR) is 84.7 cm³/mol. The van der Waals surface area contributed by atoms with Crippen molar-refractivity contribution in [3.05, 3.63) is 33.4 Å². The molecule has 20 heavy (non-hydrogen) atoms. The predicted octanol–water partition coefficient (Wildman–Crippen LogP) is 4.29. The van der Waals surface area contributed by atoms with Gasteiger partial charge >= 0.3 is 5.97 Å². The Morgan fingerprint density at radius 3 is 1.25 bits per heavy atom. The maximum absolute atomic E-state index is 12.3. The van der Waals surface area contributed by atoms with Crippen LogP contribution in [0.3, 0.4) is 0 Å². The van der Waals surface area contributed by atoms with Crippen LogP contribution in [-0.2, 0) is 36.8 Å². The zero-order chi connectivity index (χ0) is 15.3. The van der Waals surface area contributed by atoms with Crippen LogP contribution in [0.4, 0.5) is 0 Å². The molecular weight excluding hydrogens is 248 g/mol. The van der Waals surface area contributed by atoms with Crippen molar-refractivity contribution >= 4 is 5.97 Å². The van der Waals surface area contributed by atoms with Gasteiger partial charge in [-0.1, -0.05) is 34.6 Å². The summed E-state index contributed by atoms with van der Waals surface area (Å²) in [5.41, 5.74) is 7.42. The number of hydrogen-bond acceptors (Lipinski definition) is 2. The van der Waals surface area contributed by atoms with Gasteiger partial charge in [0.2, 0.25) is 0 Å². The smallest absolute Gasteiger partial charge is 0.338 e.